The van der Waals surface area contributed by atoms with Crippen molar-refractivity contribution in [2.24, 2.45) is 5.92 Å². The second-order valence-corrected chi connectivity index (χ2v) is 6.49. The quantitative estimate of drug-likeness (QED) is 0.911. The van der Waals surface area contributed by atoms with Gasteiger partial charge in [-0.1, -0.05) is 0 Å². The van der Waals surface area contributed by atoms with Crippen molar-refractivity contribution in [3.63, 3.8) is 0 Å². The predicted octanol–water partition coefficient (Wildman–Crippen LogP) is 1.60. The van der Waals surface area contributed by atoms with Crippen molar-refractivity contribution in [2.45, 2.75) is 25.0 Å². The molecule has 1 saturated heterocycles. The highest BCUT2D eigenvalue weighted by Crippen LogP contribution is 2.35. The summed E-state index contributed by atoms with van der Waals surface area (Å²) in [6, 6.07) is 5.78. The van der Waals surface area contributed by atoms with Gasteiger partial charge in [0.2, 0.25) is 0 Å². The Morgan fingerprint density at radius 3 is 3.00 bits per heavy atom. The second-order valence-electron chi connectivity index (χ2n) is 6.49. The molecule has 25 heavy (non-hydrogen) atoms. The van der Waals surface area contributed by atoms with Crippen LogP contribution in [0.1, 0.15) is 23.2 Å². The Bertz CT molecular complexity index is 712. The molecule has 0 spiro atoms. The van der Waals surface area contributed by atoms with Gasteiger partial charge in [-0.05, 0) is 31.0 Å². The molecule has 0 radical (unpaired) electrons. The van der Waals surface area contributed by atoms with Gasteiger partial charge in [0.1, 0.15) is 0 Å². The van der Waals surface area contributed by atoms with Gasteiger partial charge in [-0.2, -0.15) is 10.2 Å². The number of pyridine rings is 1. The summed E-state index contributed by atoms with van der Waals surface area (Å²) in [5.74, 6) is 0.408. The number of ether oxygens (including phenoxy) is 1. The minimum atomic E-state index is 0.0223. The molecule has 130 valence electrons. The van der Waals surface area contributed by atoms with E-state index in [0.29, 0.717) is 24.6 Å². The standard InChI is InChI=1S/C18H21N5O2/c24-18(14-5-7-21-22-11-14)23-8-9-25-17-13(3-4-16(17)23)10-20-15-2-1-6-19-12-15/h1-2,5-7,11-13,16-17,20H,3-4,8-10H2/t13-,16+,17-/m1/s1. The van der Waals surface area contributed by atoms with E-state index in [-0.39, 0.29) is 18.1 Å². The molecule has 2 aliphatic rings. The Morgan fingerprint density at radius 1 is 1.24 bits per heavy atom. The van der Waals surface area contributed by atoms with Crippen molar-refractivity contribution in [3.05, 3.63) is 48.5 Å². The highest BCUT2D eigenvalue weighted by Gasteiger charge is 2.44. The van der Waals surface area contributed by atoms with E-state index >= 15 is 0 Å². The minimum absolute atomic E-state index is 0.0223. The lowest BCUT2D eigenvalue weighted by molar-refractivity contribution is -0.0602. The van der Waals surface area contributed by atoms with E-state index < -0.39 is 0 Å². The Morgan fingerprint density at radius 2 is 2.20 bits per heavy atom. The molecule has 2 aromatic rings. The number of carbonyl (C=O) groups excluding carboxylic acids is 1. The van der Waals surface area contributed by atoms with Crippen molar-refractivity contribution in [1.82, 2.24) is 20.1 Å². The third-order valence-corrected chi connectivity index (χ3v) is 5.04. The van der Waals surface area contributed by atoms with Gasteiger partial charge in [-0.15, -0.1) is 0 Å². The van der Waals surface area contributed by atoms with E-state index in [0.717, 1.165) is 25.1 Å². The summed E-state index contributed by atoms with van der Waals surface area (Å²) in [4.78, 5) is 18.9. The number of aromatic nitrogens is 3. The van der Waals surface area contributed by atoms with Crippen LogP contribution in [-0.2, 0) is 4.74 Å². The third kappa shape index (κ3) is 3.32. The number of hydrogen-bond acceptors (Lipinski definition) is 6. The summed E-state index contributed by atoms with van der Waals surface area (Å²) >= 11 is 0. The summed E-state index contributed by atoms with van der Waals surface area (Å²) in [6.07, 6.45) is 8.76. The van der Waals surface area contributed by atoms with E-state index in [4.69, 9.17) is 4.74 Å². The van der Waals surface area contributed by atoms with Crippen LogP contribution in [0.25, 0.3) is 0 Å². The van der Waals surface area contributed by atoms with E-state index in [9.17, 15) is 4.79 Å². The summed E-state index contributed by atoms with van der Waals surface area (Å²) in [5, 5.41) is 11.0. The second kappa shape index (κ2) is 7.14. The number of amides is 1. The largest absolute Gasteiger partial charge is 0.383 e. The minimum Gasteiger partial charge on any atom is -0.383 e. The molecular weight excluding hydrogens is 318 g/mol. The molecule has 1 N–H and O–H groups in total. The third-order valence-electron chi connectivity index (χ3n) is 5.04. The van der Waals surface area contributed by atoms with Gasteiger partial charge in [-0.3, -0.25) is 9.78 Å². The number of nitrogens with one attached hydrogen (secondary N) is 1. The molecule has 1 aliphatic carbocycles. The SMILES string of the molecule is O=C(c1ccnnc1)N1CCO[C@@H]2[C@@H](CNc3cccnc3)CC[C@@H]21. The number of carbonyl (C=O) groups is 1. The molecule has 1 aliphatic heterocycles. The van der Waals surface area contributed by atoms with Crippen molar-refractivity contribution >= 4 is 11.6 Å². The van der Waals surface area contributed by atoms with Gasteiger partial charge in [-0.25, -0.2) is 0 Å². The van der Waals surface area contributed by atoms with E-state index in [1.54, 1.807) is 18.5 Å². The Balaban J connectivity index is 1.42. The van der Waals surface area contributed by atoms with E-state index in [1.165, 1.54) is 6.20 Å². The van der Waals surface area contributed by atoms with Crippen molar-refractivity contribution in [2.75, 3.05) is 25.0 Å². The molecule has 7 nitrogen and oxygen atoms in total. The van der Waals surface area contributed by atoms with Gasteiger partial charge >= 0.3 is 0 Å². The first kappa shape index (κ1) is 16.0. The maximum Gasteiger partial charge on any atom is 0.255 e. The van der Waals surface area contributed by atoms with Crippen LogP contribution in [0.4, 0.5) is 5.69 Å². The molecule has 2 aromatic heterocycles. The summed E-state index contributed by atoms with van der Waals surface area (Å²) in [5.41, 5.74) is 1.60. The van der Waals surface area contributed by atoms with Crippen LogP contribution < -0.4 is 5.32 Å². The molecule has 1 saturated carbocycles. The fraction of sp³-hybridized carbons (Fsp3) is 0.444. The monoisotopic (exact) mass is 339 g/mol. The van der Waals surface area contributed by atoms with Crippen LogP contribution in [0, 0.1) is 5.92 Å². The van der Waals surface area contributed by atoms with Gasteiger partial charge in [0.15, 0.2) is 0 Å². The lowest BCUT2D eigenvalue weighted by atomic mass is 10.0. The first-order valence-corrected chi connectivity index (χ1v) is 8.66. The topological polar surface area (TPSA) is 80.2 Å². The van der Waals surface area contributed by atoms with Crippen molar-refractivity contribution in [3.8, 4) is 0 Å². The first-order valence-electron chi connectivity index (χ1n) is 8.66. The average Bonchev–Trinajstić information content (AvgIpc) is 3.10. The van der Waals surface area contributed by atoms with Crippen LogP contribution in [0.5, 0.6) is 0 Å². The molecule has 0 aromatic carbocycles. The zero-order valence-corrected chi connectivity index (χ0v) is 13.9. The smallest absolute Gasteiger partial charge is 0.255 e. The normalized spacial score (nSPS) is 25.4. The van der Waals surface area contributed by atoms with Crippen molar-refractivity contribution < 1.29 is 9.53 Å². The van der Waals surface area contributed by atoms with Crippen LogP contribution in [0.2, 0.25) is 0 Å². The molecule has 0 unspecified atom stereocenters. The number of hydrogen-bond donors (Lipinski definition) is 1. The molecule has 4 rings (SSSR count). The van der Waals surface area contributed by atoms with Crippen molar-refractivity contribution in [1.29, 1.82) is 0 Å². The van der Waals surface area contributed by atoms with Crippen LogP contribution in [-0.4, -0.2) is 57.8 Å². The maximum absolute atomic E-state index is 12.8. The molecule has 2 fully saturated rings. The van der Waals surface area contributed by atoms with Gasteiger partial charge in [0, 0.05) is 31.4 Å². The zero-order valence-electron chi connectivity index (χ0n) is 13.9. The first-order chi connectivity index (χ1) is 12.3. The number of morpholine rings is 1. The number of anilines is 1. The maximum atomic E-state index is 12.8. The lowest BCUT2D eigenvalue weighted by Crippen LogP contribution is -2.53. The number of rotatable bonds is 4. The highest BCUT2D eigenvalue weighted by molar-refractivity contribution is 5.94. The lowest BCUT2D eigenvalue weighted by Gasteiger charge is -2.39. The summed E-state index contributed by atoms with van der Waals surface area (Å²) in [7, 11) is 0. The highest BCUT2D eigenvalue weighted by atomic mass is 16.5. The molecular formula is C18H21N5O2. The molecule has 1 amide bonds. The van der Waals surface area contributed by atoms with E-state index in [1.807, 2.05) is 23.2 Å². The predicted molar refractivity (Wildman–Crippen MR) is 92.0 cm³/mol. The zero-order chi connectivity index (χ0) is 17.1. The number of nitrogens with zero attached hydrogens (tertiary/aromatic N) is 4. The molecule has 3 heterocycles. The Hall–Kier alpha value is -2.54. The van der Waals surface area contributed by atoms with E-state index in [2.05, 4.69) is 20.5 Å². The Labute approximate surface area is 146 Å². The molecule has 3 atom stereocenters. The molecule has 7 heteroatoms. The van der Waals surface area contributed by atoms with Gasteiger partial charge in [0.25, 0.3) is 5.91 Å². The molecule has 0 bridgehead atoms. The fourth-order valence-corrected chi connectivity index (χ4v) is 3.83. The van der Waals surface area contributed by atoms with Crippen LogP contribution >= 0.6 is 0 Å². The van der Waals surface area contributed by atoms with Crippen LogP contribution in [0.15, 0.2) is 43.0 Å². The van der Waals surface area contributed by atoms with Crippen LogP contribution in [0.3, 0.4) is 0 Å². The van der Waals surface area contributed by atoms with Gasteiger partial charge in [0.05, 0.1) is 42.4 Å². The fourth-order valence-electron chi connectivity index (χ4n) is 3.83. The number of fused-ring (bicyclic) bond motifs is 1. The van der Waals surface area contributed by atoms with Gasteiger partial charge < -0.3 is 15.0 Å². The summed E-state index contributed by atoms with van der Waals surface area (Å²) < 4.78 is 6.04. The summed E-state index contributed by atoms with van der Waals surface area (Å²) in [6.45, 7) is 2.03. The average molecular weight is 339 g/mol. The Kier molecular flexibility index (Phi) is 4.56.